The molecule has 2 aromatic carbocycles. The van der Waals surface area contributed by atoms with Crippen molar-refractivity contribution >= 4 is 17.3 Å². The molecule has 0 N–H and O–H groups in total. The summed E-state index contributed by atoms with van der Waals surface area (Å²) in [5.74, 6) is 1.29. The molecule has 0 radical (unpaired) electrons. The third kappa shape index (κ3) is 3.43. The van der Waals surface area contributed by atoms with Crippen LogP contribution in [-0.2, 0) is 7.05 Å². The summed E-state index contributed by atoms with van der Waals surface area (Å²) in [5, 5.41) is 18.0. The molecule has 25 heavy (non-hydrogen) atoms. The number of anilines is 1. The smallest absolute Gasteiger partial charge is 0.174 e. The van der Waals surface area contributed by atoms with Crippen LogP contribution in [-0.4, -0.2) is 28.9 Å². The van der Waals surface area contributed by atoms with Gasteiger partial charge in [-0.25, -0.2) is 0 Å². The van der Waals surface area contributed by atoms with E-state index in [4.69, 9.17) is 0 Å². The van der Waals surface area contributed by atoms with Crippen LogP contribution in [0.4, 0.5) is 5.69 Å². The Hall–Kier alpha value is -3.39. The van der Waals surface area contributed by atoms with Crippen LogP contribution in [0, 0.1) is 11.3 Å². The maximum absolute atomic E-state index is 9.58. The van der Waals surface area contributed by atoms with Crippen LogP contribution in [0.1, 0.15) is 11.4 Å². The van der Waals surface area contributed by atoms with E-state index in [0.717, 1.165) is 22.6 Å². The number of aromatic nitrogens is 3. The zero-order valence-electron chi connectivity index (χ0n) is 14.5. The molecule has 0 fully saturated rings. The van der Waals surface area contributed by atoms with Crippen molar-refractivity contribution < 1.29 is 0 Å². The standard InChI is InChI=1S/C20H19N5/c1-24(2)18-11-9-15(10-12-18)13-17(14-21)20-23-22-19(25(20)3)16-7-5-4-6-8-16/h4-13H,1-3H3. The largest absolute Gasteiger partial charge is 0.378 e. The summed E-state index contributed by atoms with van der Waals surface area (Å²) >= 11 is 0. The molecule has 124 valence electrons. The van der Waals surface area contributed by atoms with E-state index < -0.39 is 0 Å². The average Bonchev–Trinajstić information content (AvgIpc) is 3.02. The lowest BCUT2D eigenvalue weighted by Crippen LogP contribution is -2.07. The van der Waals surface area contributed by atoms with Gasteiger partial charge in [0.15, 0.2) is 11.6 Å². The highest BCUT2D eigenvalue weighted by atomic mass is 15.3. The third-order valence-corrected chi connectivity index (χ3v) is 3.99. The molecule has 5 heteroatoms. The zero-order chi connectivity index (χ0) is 17.8. The lowest BCUT2D eigenvalue weighted by atomic mass is 10.1. The van der Waals surface area contributed by atoms with Crippen molar-refractivity contribution in [1.82, 2.24) is 14.8 Å². The van der Waals surface area contributed by atoms with Gasteiger partial charge in [0.05, 0.1) is 5.57 Å². The summed E-state index contributed by atoms with van der Waals surface area (Å²) in [6, 6.07) is 20.1. The van der Waals surface area contributed by atoms with E-state index in [0.29, 0.717) is 11.4 Å². The first-order valence-electron chi connectivity index (χ1n) is 7.94. The van der Waals surface area contributed by atoms with Gasteiger partial charge in [-0.1, -0.05) is 42.5 Å². The number of allylic oxidation sites excluding steroid dienone is 1. The topological polar surface area (TPSA) is 57.7 Å². The van der Waals surface area contributed by atoms with Gasteiger partial charge >= 0.3 is 0 Å². The number of hydrogen-bond donors (Lipinski definition) is 0. The van der Waals surface area contributed by atoms with Crippen molar-refractivity contribution in [3.05, 3.63) is 66.0 Å². The molecular formula is C20H19N5. The highest BCUT2D eigenvalue weighted by Gasteiger charge is 2.14. The van der Waals surface area contributed by atoms with Crippen molar-refractivity contribution in [2.24, 2.45) is 7.05 Å². The molecule has 0 unspecified atom stereocenters. The lowest BCUT2D eigenvalue weighted by Gasteiger charge is -2.11. The summed E-state index contributed by atoms with van der Waals surface area (Å²) in [6.45, 7) is 0. The molecule has 5 nitrogen and oxygen atoms in total. The Bertz CT molecular complexity index is 928. The van der Waals surface area contributed by atoms with Gasteiger partial charge < -0.3 is 9.47 Å². The molecule has 0 spiro atoms. The first-order chi connectivity index (χ1) is 12.1. The van der Waals surface area contributed by atoms with E-state index in [-0.39, 0.29) is 0 Å². The Morgan fingerprint density at radius 2 is 1.72 bits per heavy atom. The van der Waals surface area contributed by atoms with Crippen molar-refractivity contribution in [3.63, 3.8) is 0 Å². The van der Waals surface area contributed by atoms with E-state index in [1.807, 2.05) is 91.3 Å². The Morgan fingerprint density at radius 3 is 2.32 bits per heavy atom. The number of nitrogens with zero attached hydrogens (tertiary/aromatic N) is 5. The van der Waals surface area contributed by atoms with E-state index in [1.54, 1.807) is 0 Å². The summed E-state index contributed by atoms with van der Waals surface area (Å²) in [5.41, 5.74) is 3.51. The maximum Gasteiger partial charge on any atom is 0.174 e. The van der Waals surface area contributed by atoms with Gasteiger partial charge in [0.2, 0.25) is 0 Å². The molecule has 0 amide bonds. The highest BCUT2D eigenvalue weighted by Crippen LogP contribution is 2.22. The molecule has 0 bridgehead atoms. The van der Waals surface area contributed by atoms with Gasteiger partial charge in [-0.05, 0) is 23.8 Å². The van der Waals surface area contributed by atoms with Crippen molar-refractivity contribution in [3.8, 4) is 17.5 Å². The fourth-order valence-electron chi connectivity index (χ4n) is 2.58. The van der Waals surface area contributed by atoms with E-state index in [2.05, 4.69) is 16.3 Å². The van der Waals surface area contributed by atoms with Crippen LogP contribution in [0.3, 0.4) is 0 Å². The number of rotatable bonds is 4. The Labute approximate surface area is 147 Å². The van der Waals surface area contributed by atoms with Crippen LogP contribution in [0.2, 0.25) is 0 Å². The van der Waals surface area contributed by atoms with Gasteiger partial charge in [-0.15, -0.1) is 10.2 Å². The second kappa shape index (κ2) is 7.02. The molecule has 0 saturated carbocycles. The summed E-state index contributed by atoms with van der Waals surface area (Å²) in [6.07, 6.45) is 1.83. The highest BCUT2D eigenvalue weighted by molar-refractivity contribution is 5.87. The molecule has 3 rings (SSSR count). The SMILES string of the molecule is CN(C)c1ccc(C=C(C#N)c2nnc(-c3ccccc3)n2C)cc1. The minimum absolute atomic E-state index is 0.481. The molecule has 0 aliphatic rings. The molecular weight excluding hydrogens is 310 g/mol. The van der Waals surface area contributed by atoms with Crippen molar-refractivity contribution in [2.45, 2.75) is 0 Å². The van der Waals surface area contributed by atoms with Gasteiger partial charge in [0, 0.05) is 32.4 Å². The second-order valence-electron chi connectivity index (χ2n) is 5.93. The van der Waals surface area contributed by atoms with Gasteiger partial charge in [0.1, 0.15) is 6.07 Å². The fourth-order valence-corrected chi connectivity index (χ4v) is 2.58. The second-order valence-corrected chi connectivity index (χ2v) is 5.93. The normalized spacial score (nSPS) is 11.2. The molecule has 0 atom stereocenters. The Kier molecular flexibility index (Phi) is 4.62. The molecule has 0 saturated heterocycles. The minimum atomic E-state index is 0.481. The predicted molar refractivity (Wildman–Crippen MR) is 101 cm³/mol. The Balaban J connectivity index is 1.97. The zero-order valence-corrected chi connectivity index (χ0v) is 14.5. The lowest BCUT2D eigenvalue weighted by molar-refractivity contribution is 0.901. The van der Waals surface area contributed by atoms with Crippen LogP contribution < -0.4 is 4.90 Å². The van der Waals surface area contributed by atoms with E-state index in [9.17, 15) is 5.26 Å². The van der Waals surface area contributed by atoms with E-state index >= 15 is 0 Å². The maximum atomic E-state index is 9.58. The average molecular weight is 329 g/mol. The quantitative estimate of drug-likeness (QED) is 0.686. The Morgan fingerprint density at radius 1 is 1.04 bits per heavy atom. The van der Waals surface area contributed by atoms with Crippen LogP contribution in [0.5, 0.6) is 0 Å². The van der Waals surface area contributed by atoms with Crippen LogP contribution in [0.25, 0.3) is 23.0 Å². The molecule has 1 heterocycles. The fraction of sp³-hybridized carbons (Fsp3) is 0.150. The summed E-state index contributed by atoms with van der Waals surface area (Å²) < 4.78 is 1.85. The van der Waals surface area contributed by atoms with Gasteiger partial charge in [-0.3, -0.25) is 0 Å². The minimum Gasteiger partial charge on any atom is -0.378 e. The van der Waals surface area contributed by atoms with E-state index in [1.165, 1.54) is 0 Å². The van der Waals surface area contributed by atoms with Crippen LogP contribution >= 0.6 is 0 Å². The van der Waals surface area contributed by atoms with Crippen molar-refractivity contribution in [1.29, 1.82) is 5.26 Å². The van der Waals surface area contributed by atoms with Crippen LogP contribution in [0.15, 0.2) is 54.6 Å². The number of nitriles is 1. The predicted octanol–water partition coefficient (Wildman–Crippen LogP) is 3.61. The first-order valence-corrected chi connectivity index (χ1v) is 7.94. The summed E-state index contributed by atoms with van der Waals surface area (Å²) in [4.78, 5) is 2.04. The molecule has 1 aromatic heterocycles. The third-order valence-electron chi connectivity index (χ3n) is 3.99. The number of benzene rings is 2. The van der Waals surface area contributed by atoms with Crippen molar-refractivity contribution in [2.75, 3.05) is 19.0 Å². The molecule has 0 aliphatic heterocycles. The van der Waals surface area contributed by atoms with Gasteiger partial charge in [0.25, 0.3) is 0 Å². The monoisotopic (exact) mass is 329 g/mol. The van der Waals surface area contributed by atoms with Gasteiger partial charge in [-0.2, -0.15) is 5.26 Å². The summed E-state index contributed by atoms with van der Waals surface area (Å²) in [7, 11) is 5.87. The number of hydrogen-bond acceptors (Lipinski definition) is 4. The molecule has 0 aliphatic carbocycles. The first kappa shape index (κ1) is 16.5. The molecule has 3 aromatic rings.